The van der Waals surface area contributed by atoms with Gasteiger partial charge in [0.15, 0.2) is 0 Å². The standard InChI is InChI=1S/C14H23NO4/c1-17-13-5-4-12(14(10-13)18-2)11-15-6-3-8-19-9-7-16/h4-5,10,15-16H,3,6-9,11H2,1-2H3. The second kappa shape index (κ2) is 9.61. The maximum atomic E-state index is 8.55. The number of nitrogens with one attached hydrogen (secondary N) is 1. The molecule has 0 radical (unpaired) electrons. The summed E-state index contributed by atoms with van der Waals surface area (Å²) in [4.78, 5) is 0. The summed E-state index contributed by atoms with van der Waals surface area (Å²) in [5.74, 6) is 1.61. The van der Waals surface area contributed by atoms with E-state index >= 15 is 0 Å². The van der Waals surface area contributed by atoms with Gasteiger partial charge in [0.2, 0.25) is 0 Å². The van der Waals surface area contributed by atoms with Crippen molar-refractivity contribution in [3.63, 3.8) is 0 Å². The fourth-order valence-corrected chi connectivity index (χ4v) is 1.69. The first-order valence-electron chi connectivity index (χ1n) is 6.42. The molecule has 0 saturated heterocycles. The molecule has 0 aliphatic rings. The molecule has 1 aromatic carbocycles. The predicted octanol–water partition coefficient (Wildman–Crippen LogP) is 1.19. The van der Waals surface area contributed by atoms with Crippen molar-refractivity contribution in [2.24, 2.45) is 0 Å². The van der Waals surface area contributed by atoms with Crippen LogP contribution in [0.25, 0.3) is 0 Å². The predicted molar refractivity (Wildman–Crippen MR) is 73.8 cm³/mol. The molecule has 5 heteroatoms. The van der Waals surface area contributed by atoms with E-state index in [9.17, 15) is 0 Å². The lowest BCUT2D eigenvalue weighted by molar-refractivity contribution is 0.0907. The van der Waals surface area contributed by atoms with E-state index in [2.05, 4.69) is 5.32 Å². The van der Waals surface area contributed by atoms with Gasteiger partial charge in [-0.25, -0.2) is 0 Å². The van der Waals surface area contributed by atoms with Crippen LogP contribution in [0.3, 0.4) is 0 Å². The Morgan fingerprint density at radius 1 is 1.16 bits per heavy atom. The van der Waals surface area contributed by atoms with Gasteiger partial charge < -0.3 is 24.6 Å². The Labute approximate surface area is 114 Å². The quantitative estimate of drug-likeness (QED) is 0.625. The zero-order valence-corrected chi connectivity index (χ0v) is 11.6. The summed E-state index contributed by atoms with van der Waals surface area (Å²) in [6.45, 7) is 2.75. The van der Waals surface area contributed by atoms with Crippen molar-refractivity contribution in [3.8, 4) is 11.5 Å². The van der Waals surface area contributed by atoms with Crippen LogP contribution in [0.1, 0.15) is 12.0 Å². The van der Waals surface area contributed by atoms with Gasteiger partial charge in [0.05, 0.1) is 27.4 Å². The van der Waals surface area contributed by atoms with Crippen molar-refractivity contribution in [1.82, 2.24) is 5.32 Å². The molecule has 0 saturated carbocycles. The summed E-state index contributed by atoms with van der Waals surface area (Å²) < 4.78 is 15.7. The average Bonchev–Trinajstić information content (AvgIpc) is 2.46. The normalized spacial score (nSPS) is 10.5. The van der Waals surface area contributed by atoms with Crippen LogP contribution in [-0.4, -0.2) is 45.7 Å². The highest BCUT2D eigenvalue weighted by molar-refractivity contribution is 5.40. The van der Waals surface area contributed by atoms with E-state index in [0.717, 1.165) is 36.6 Å². The van der Waals surface area contributed by atoms with Crippen LogP contribution in [0, 0.1) is 0 Å². The Hall–Kier alpha value is -1.30. The number of rotatable bonds is 10. The van der Waals surface area contributed by atoms with E-state index in [1.807, 2.05) is 18.2 Å². The van der Waals surface area contributed by atoms with E-state index < -0.39 is 0 Å². The Kier molecular flexibility index (Phi) is 7.97. The van der Waals surface area contributed by atoms with Gasteiger partial charge in [0.1, 0.15) is 11.5 Å². The number of hydrogen-bond donors (Lipinski definition) is 2. The maximum absolute atomic E-state index is 8.55. The van der Waals surface area contributed by atoms with Crippen molar-refractivity contribution >= 4 is 0 Å². The molecule has 19 heavy (non-hydrogen) atoms. The maximum Gasteiger partial charge on any atom is 0.127 e. The van der Waals surface area contributed by atoms with Gasteiger partial charge in [-0.15, -0.1) is 0 Å². The second-order valence-electron chi connectivity index (χ2n) is 4.04. The third-order valence-electron chi connectivity index (χ3n) is 2.69. The molecule has 1 aromatic rings. The molecular weight excluding hydrogens is 246 g/mol. The van der Waals surface area contributed by atoms with Crippen molar-refractivity contribution in [3.05, 3.63) is 23.8 Å². The molecule has 5 nitrogen and oxygen atoms in total. The van der Waals surface area contributed by atoms with Gasteiger partial charge in [-0.1, -0.05) is 6.07 Å². The van der Waals surface area contributed by atoms with Gasteiger partial charge in [-0.3, -0.25) is 0 Å². The topological polar surface area (TPSA) is 60.0 Å². The van der Waals surface area contributed by atoms with Crippen LogP contribution in [0.15, 0.2) is 18.2 Å². The highest BCUT2D eigenvalue weighted by Gasteiger charge is 2.04. The van der Waals surface area contributed by atoms with Crippen LogP contribution in [0.5, 0.6) is 11.5 Å². The summed E-state index contributed by atoms with van der Waals surface area (Å²) >= 11 is 0. The molecule has 0 aromatic heterocycles. The largest absolute Gasteiger partial charge is 0.497 e. The minimum Gasteiger partial charge on any atom is -0.497 e. The molecule has 0 heterocycles. The zero-order chi connectivity index (χ0) is 13.9. The minimum absolute atomic E-state index is 0.0798. The number of methoxy groups -OCH3 is 2. The van der Waals surface area contributed by atoms with Crippen LogP contribution in [0.4, 0.5) is 0 Å². The molecular formula is C14H23NO4. The van der Waals surface area contributed by atoms with E-state index in [0.29, 0.717) is 13.2 Å². The van der Waals surface area contributed by atoms with Crippen molar-refractivity contribution in [2.75, 3.05) is 40.6 Å². The van der Waals surface area contributed by atoms with Crippen LogP contribution in [0.2, 0.25) is 0 Å². The molecule has 0 aliphatic carbocycles. The van der Waals surface area contributed by atoms with Gasteiger partial charge in [-0.2, -0.15) is 0 Å². The highest BCUT2D eigenvalue weighted by atomic mass is 16.5. The van der Waals surface area contributed by atoms with Gasteiger partial charge in [0.25, 0.3) is 0 Å². The fraction of sp³-hybridized carbons (Fsp3) is 0.571. The molecule has 0 spiro atoms. The lowest BCUT2D eigenvalue weighted by Crippen LogP contribution is -2.17. The van der Waals surface area contributed by atoms with Crippen molar-refractivity contribution < 1.29 is 19.3 Å². The van der Waals surface area contributed by atoms with Gasteiger partial charge in [0, 0.05) is 24.8 Å². The van der Waals surface area contributed by atoms with Gasteiger partial charge >= 0.3 is 0 Å². The summed E-state index contributed by atoms with van der Waals surface area (Å²) in [5, 5.41) is 11.9. The molecule has 1 rings (SSSR count). The Morgan fingerprint density at radius 2 is 2.00 bits per heavy atom. The molecule has 0 bridgehead atoms. The van der Waals surface area contributed by atoms with Crippen LogP contribution >= 0.6 is 0 Å². The number of aliphatic hydroxyl groups is 1. The number of hydrogen-bond acceptors (Lipinski definition) is 5. The monoisotopic (exact) mass is 269 g/mol. The number of ether oxygens (including phenoxy) is 3. The Bertz CT molecular complexity index is 357. The molecule has 0 amide bonds. The number of benzene rings is 1. The van der Waals surface area contributed by atoms with Crippen molar-refractivity contribution in [1.29, 1.82) is 0 Å². The fourth-order valence-electron chi connectivity index (χ4n) is 1.69. The zero-order valence-electron chi connectivity index (χ0n) is 11.6. The lowest BCUT2D eigenvalue weighted by atomic mass is 10.2. The first-order valence-corrected chi connectivity index (χ1v) is 6.42. The van der Waals surface area contributed by atoms with Crippen molar-refractivity contribution in [2.45, 2.75) is 13.0 Å². The minimum atomic E-state index is 0.0798. The Balaban J connectivity index is 2.28. The highest BCUT2D eigenvalue weighted by Crippen LogP contribution is 2.24. The van der Waals surface area contributed by atoms with Crippen LogP contribution in [-0.2, 0) is 11.3 Å². The molecule has 2 N–H and O–H groups in total. The molecule has 108 valence electrons. The molecule has 0 atom stereocenters. The summed E-state index contributed by atoms with van der Waals surface area (Å²) in [5.41, 5.74) is 1.10. The van der Waals surface area contributed by atoms with E-state index in [1.165, 1.54) is 0 Å². The second-order valence-corrected chi connectivity index (χ2v) is 4.04. The number of aliphatic hydroxyl groups excluding tert-OH is 1. The van der Waals surface area contributed by atoms with E-state index in [-0.39, 0.29) is 6.61 Å². The summed E-state index contributed by atoms with van der Waals surface area (Å²) in [7, 11) is 3.29. The third kappa shape index (κ3) is 5.92. The lowest BCUT2D eigenvalue weighted by Gasteiger charge is -2.11. The Morgan fingerprint density at radius 3 is 2.68 bits per heavy atom. The van der Waals surface area contributed by atoms with Gasteiger partial charge in [-0.05, 0) is 19.0 Å². The van der Waals surface area contributed by atoms with E-state index in [1.54, 1.807) is 14.2 Å². The smallest absolute Gasteiger partial charge is 0.127 e. The average molecular weight is 269 g/mol. The SMILES string of the molecule is COc1ccc(CNCCCOCCO)c(OC)c1. The first-order chi connectivity index (χ1) is 9.31. The molecule has 0 aliphatic heterocycles. The summed E-state index contributed by atoms with van der Waals surface area (Å²) in [6, 6.07) is 5.79. The van der Waals surface area contributed by atoms with Crippen LogP contribution < -0.4 is 14.8 Å². The van der Waals surface area contributed by atoms with E-state index in [4.69, 9.17) is 19.3 Å². The molecule has 0 unspecified atom stereocenters. The molecule has 0 fully saturated rings. The third-order valence-corrected chi connectivity index (χ3v) is 2.69. The first kappa shape index (κ1) is 15.8. The summed E-state index contributed by atoms with van der Waals surface area (Å²) in [6.07, 6.45) is 0.915.